The molecular weight excluding hydrogens is 449 g/mol. The molecule has 0 aromatic carbocycles. The topological polar surface area (TPSA) is 121 Å². The summed E-state index contributed by atoms with van der Waals surface area (Å²) in [6.45, 7) is 0. The van der Waals surface area contributed by atoms with Crippen molar-refractivity contribution in [1.82, 2.24) is 0 Å². The molecule has 0 amide bonds. The van der Waals surface area contributed by atoms with Gasteiger partial charge in [-0.3, -0.25) is 0 Å². The van der Waals surface area contributed by atoms with E-state index >= 15 is 0 Å². The van der Waals surface area contributed by atoms with Gasteiger partial charge in [-0.15, -0.1) is 0 Å². The molecule has 0 aromatic heterocycles. The summed E-state index contributed by atoms with van der Waals surface area (Å²) in [4.78, 5) is 0. The van der Waals surface area contributed by atoms with E-state index in [1.165, 1.54) is 0 Å². The molecule has 9 heteroatoms. The molecule has 2 unspecified atom stereocenters. The van der Waals surface area contributed by atoms with Crippen molar-refractivity contribution in [3.8, 4) is 0 Å². The summed E-state index contributed by atoms with van der Waals surface area (Å²) in [7, 11) is 0. The maximum Gasteiger partial charge on any atom is 2.00 e. The predicted octanol–water partition coefficient (Wildman–Crippen LogP) is -4.49. The Balaban J connectivity index is -0.0000000720. The van der Waals surface area contributed by atoms with Crippen LogP contribution in [0.3, 0.4) is 0 Å². The zero-order valence-electron chi connectivity index (χ0n) is 3.66. The average molecular weight is 451 g/mol. The zero-order chi connectivity index (χ0) is 7.15. The SMILES string of the molecule is O=[Se]([O-])O.O=[Se]([O-])O.[Pt+2]. The first-order chi connectivity index (χ1) is 3.46. The molecule has 60 valence electrons. The molecule has 0 heterocycles. The Morgan fingerprint density at radius 1 is 1.00 bits per heavy atom. The molecular formula is H2O6PtSe2. The van der Waals surface area contributed by atoms with E-state index in [0.717, 1.165) is 0 Å². The third kappa shape index (κ3) is 346. The summed E-state index contributed by atoms with van der Waals surface area (Å²) in [5.41, 5.74) is 0. The van der Waals surface area contributed by atoms with Crippen LogP contribution in [-0.2, 0) is 28.7 Å². The summed E-state index contributed by atoms with van der Waals surface area (Å²) in [6, 6.07) is 0. The van der Waals surface area contributed by atoms with Crippen molar-refractivity contribution in [2.24, 2.45) is 0 Å². The smallest absolute Gasteiger partial charge is 2.00 e. The van der Waals surface area contributed by atoms with Crippen LogP contribution in [0.15, 0.2) is 0 Å². The molecule has 0 spiro atoms. The van der Waals surface area contributed by atoms with Crippen molar-refractivity contribution in [2.45, 2.75) is 0 Å². The Bertz CT molecular complexity index is 69.1. The second kappa shape index (κ2) is 11.9. The van der Waals surface area contributed by atoms with E-state index < -0.39 is 29.0 Å². The van der Waals surface area contributed by atoms with Gasteiger partial charge in [0.05, 0.1) is 0 Å². The van der Waals surface area contributed by atoms with E-state index in [1.54, 1.807) is 0 Å². The molecule has 0 aliphatic carbocycles. The van der Waals surface area contributed by atoms with Gasteiger partial charge in [-0.2, -0.15) is 0 Å². The first-order valence-corrected chi connectivity index (χ1v) is 5.36. The molecule has 0 aliphatic heterocycles. The maximum absolute atomic E-state index is 8.65. The minimum atomic E-state index is -3.54. The van der Waals surface area contributed by atoms with Crippen molar-refractivity contribution < 1.29 is 45.5 Å². The van der Waals surface area contributed by atoms with Crippen LogP contribution >= 0.6 is 0 Å². The monoisotopic (exact) mass is 453 g/mol. The van der Waals surface area contributed by atoms with Gasteiger partial charge in [-0.05, 0) is 0 Å². The molecule has 0 radical (unpaired) electrons. The van der Waals surface area contributed by atoms with Crippen LogP contribution in [0.2, 0.25) is 0 Å². The van der Waals surface area contributed by atoms with Gasteiger partial charge in [0.2, 0.25) is 0 Å². The Labute approximate surface area is 74.2 Å². The number of hydrogen-bond donors (Lipinski definition) is 2. The molecule has 2 atom stereocenters. The van der Waals surface area contributed by atoms with Crippen LogP contribution in [-0.4, -0.2) is 37.4 Å². The van der Waals surface area contributed by atoms with Crippen LogP contribution in [0, 0.1) is 0 Å². The third-order valence-corrected chi connectivity index (χ3v) is 0. The Morgan fingerprint density at radius 2 is 1.00 bits per heavy atom. The van der Waals surface area contributed by atoms with Gasteiger partial charge >= 0.3 is 74.5 Å². The summed E-state index contributed by atoms with van der Waals surface area (Å²) < 4.78 is 48.8. The summed E-state index contributed by atoms with van der Waals surface area (Å²) in [6.07, 6.45) is 0. The zero-order valence-corrected chi connectivity index (χ0v) is 9.36. The van der Waals surface area contributed by atoms with Crippen LogP contribution in [0.5, 0.6) is 0 Å². The van der Waals surface area contributed by atoms with Gasteiger partial charge in [0.15, 0.2) is 0 Å². The van der Waals surface area contributed by atoms with Gasteiger partial charge in [0.25, 0.3) is 0 Å². The van der Waals surface area contributed by atoms with Gasteiger partial charge in [-0.25, -0.2) is 0 Å². The fourth-order valence-electron chi connectivity index (χ4n) is 0. The first kappa shape index (κ1) is 16.6. The summed E-state index contributed by atoms with van der Waals surface area (Å²) >= 11 is -7.08. The van der Waals surface area contributed by atoms with Crippen molar-refractivity contribution in [3.05, 3.63) is 0 Å². The normalized spacial score (nSPS) is 13.8. The molecule has 0 aliphatic rings. The molecule has 0 aromatic rings. The van der Waals surface area contributed by atoms with E-state index in [4.69, 9.17) is 24.4 Å². The van der Waals surface area contributed by atoms with Crippen molar-refractivity contribution in [3.63, 3.8) is 0 Å². The standard InChI is InChI=1S/2H2O3Se.Pt/c2*1-4(2)3;/h2*(H2,1,2,3);/q;;+2/p-2. The van der Waals surface area contributed by atoms with E-state index in [-0.39, 0.29) is 21.1 Å². The van der Waals surface area contributed by atoms with Crippen molar-refractivity contribution >= 4 is 29.0 Å². The van der Waals surface area contributed by atoms with Crippen LogP contribution in [0.1, 0.15) is 0 Å². The Kier molecular flexibility index (Phi) is 22.0. The van der Waals surface area contributed by atoms with E-state index in [2.05, 4.69) is 0 Å². The predicted molar refractivity (Wildman–Crippen MR) is 17.3 cm³/mol. The molecule has 0 bridgehead atoms. The van der Waals surface area contributed by atoms with Gasteiger partial charge < -0.3 is 0 Å². The van der Waals surface area contributed by atoms with Gasteiger partial charge in [-0.1, -0.05) is 0 Å². The van der Waals surface area contributed by atoms with Crippen LogP contribution < -0.4 is 8.38 Å². The maximum atomic E-state index is 8.65. The Morgan fingerprint density at radius 3 is 1.00 bits per heavy atom. The van der Waals surface area contributed by atoms with Gasteiger partial charge in [0, 0.05) is 0 Å². The molecule has 0 fully saturated rings. The first-order valence-electron chi connectivity index (χ1n) is 1.03. The van der Waals surface area contributed by atoms with Crippen LogP contribution in [0.4, 0.5) is 0 Å². The average Bonchev–Trinajstić information content (AvgIpc) is 1.25. The second-order valence-corrected chi connectivity index (χ2v) is 2.26. The third-order valence-electron chi connectivity index (χ3n) is 0. The minimum absolute atomic E-state index is 0. The number of rotatable bonds is 0. The van der Waals surface area contributed by atoms with Crippen molar-refractivity contribution in [1.29, 1.82) is 0 Å². The van der Waals surface area contributed by atoms with Crippen LogP contribution in [0.25, 0.3) is 0 Å². The quantitative estimate of drug-likeness (QED) is 0.359. The number of hydrogen-bond acceptors (Lipinski definition) is 4. The fraction of sp³-hybridized carbons (Fsp3) is 0. The fourth-order valence-corrected chi connectivity index (χ4v) is 0. The van der Waals surface area contributed by atoms with Gasteiger partial charge in [0.1, 0.15) is 0 Å². The molecule has 2 N–H and O–H groups in total. The largest absolute Gasteiger partial charge is 2.00 e. The molecule has 6 nitrogen and oxygen atoms in total. The summed E-state index contributed by atoms with van der Waals surface area (Å²) in [5.74, 6) is 0. The molecule has 9 heavy (non-hydrogen) atoms. The Hall–Kier alpha value is 1.17. The van der Waals surface area contributed by atoms with Crippen molar-refractivity contribution in [2.75, 3.05) is 0 Å². The second-order valence-electron chi connectivity index (χ2n) is 0.434. The van der Waals surface area contributed by atoms with E-state index in [0.29, 0.717) is 0 Å². The van der Waals surface area contributed by atoms with E-state index in [9.17, 15) is 0 Å². The molecule has 0 saturated heterocycles. The molecule has 0 saturated carbocycles. The molecule has 0 rings (SSSR count). The summed E-state index contributed by atoms with van der Waals surface area (Å²) in [5, 5.41) is 0. The van der Waals surface area contributed by atoms with E-state index in [1.807, 2.05) is 0 Å². The minimum Gasteiger partial charge on any atom is 2.00 e.